The smallest absolute Gasteiger partial charge is 0.120 e. The van der Waals surface area contributed by atoms with Gasteiger partial charge < -0.3 is 4.79 Å². The summed E-state index contributed by atoms with van der Waals surface area (Å²) in [5, 5.41) is 0. The van der Waals surface area contributed by atoms with Crippen LogP contribution >= 0.6 is 0 Å². The summed E-state index contributed by atoms with van der Waals surface area (Å²) in [6.45, 7) is 4.44. The van der Waals surface area contributed by atoms with E-state index < -0.39 is 0 Å². The molecule has 0 fully saturated rings. The zero-order valence-electron chi connectivity index (χ0n) is 8.47. The van der Waals surface area contributed by atoms with E-state index in [2.05, 4.69) is 13.0 Å². The Balaban J connectivity index is 3.47. The first-order valence-electron chi connectivity index (χ1n) is 4.80. The summed E-state index contributed by atoms with van der Waals surface area (Å²) in [7, 11) is 0. The first-order valence-corrected chi connectivity index (χ1v) is 4.09. The summed E-state index contributed by atoms with van der Waals surface area (Å²) in [5.74, 6) is 0.484. The molecular formula is C10H18O. The van der Waals surface area contributed by atoms with Gasteiger partial charge in [-0.05, 0) is 32.6 Å². The maximum Gasteiger partial charge on any atom is 0.120 e. The second-order valence-corrected chi connectivity index (χ2v) is 3.14. The van der Waals surface area contributed by atoms with Crippen LogP contribution in [0.15, 0.2) is 11.6 Å². The lowest BCUT2D eigenvalue weighted by Gasteiger charge is -2.03. The van der Waals surface area contributed by atoms with Crippen molar-refractivity contribution < 1.29 is 6.17 Å². The summed E-state index contributed by atoms with van der Waals surface area (Å²) < 4.78 is 7.05. The van der Waals surface area contributed by atoms with Crippen LogP contribution < -0.4 is 0 Å². The van der Waals surface area contributed by atoms with Crippen LogP contribution in [0.4, 0.5) is 0 Å². The minimum atomic E-state index is 0.391. The molecule has 0 aromatic carbocycles. The fraction of sp³-hybridized carbons (Fsp3) is 0.700. The molecule has 0 rings (SSSR count). The molecule has 64 valence electrons. The van der Waals surface area contributed by atoms with E-state index in [-0.39, 0.29) is 0 Å². The highest BCUT2D eigenvalue weighted by Gasteiger charge is 1.98. The molecule has 0 radical (unpaired) electrons. The molecule has 0 aromatic rings. The van der Waals surface area contributed by atoms with E-state index in [1.165, 1.54) is 0 Å². The highest BCUT2D eigenvalue weighted by molar-refractivity contribution is 5.49. The van der Waals surface area contributed by atoms with E-state index in [9.17, 15) is 4.79 Å². The molecule has 0 aliphatic rings. The third-order valence-corrected chi connectivity index (χ3v) is 1.65. The van der Waals surface area contributed by atoms with Crippen molar-refractivity contribution in [3.63, 3.8) is 0 Å². The Morgan fingerprint density at radius 2 is 2.45 bits per heavy atom. The van der Waals surface area contributed by atoms with Crippen LogP contribution in [-0.2, 0) is 4.79 Å². The summed E-state index contributed by atoms with van der Waals surface area (Å²) in [6, 6.07) is 0. The largest absolute Gasteiger partial charge is 0.303 e. The van der Waals surface area contributed by atoms with E-state index in [0.29, 0.717) is 19.2 Å². The van der Waals surface area contributed by atoms with Crippen LogP contribution in [0.2, 0.25) is 0 Å². The molecule has 1 unspecified atom stereocenters. The molecule has 0 aliphatic carbocycles. The van der Waals surface area contributed by atoms with E-state index in [1.807, 2.05) is 6.92 Å². The average Bonchev–Trinajstić information content (AvgIpc) is 2.04. The molecule has 11 heavy (non-hydrogen) atoms. The maximum absolute atomic E-state index is 10.1. The number of hydrogen-bond acceptors (Lipinski definition) is 1. The van der Waals surface area contributed by atoms with Gasteiger partial charge in [0.25, 0.3) is 0 Å². The van der Waals surface area contributed by atoms with E-state index in [1.54, 1.807) is 0 Å². The van der Waals surface area contributed by atoms with Gasteiger partial charge in [0.1, 0.15) is 6.29 Å². The van der Waals surface area contributed by atoms with Crippen molar-refractivity contribution in [1.82, 2.24) is 0 Å². The molecule has 0 bridgehead atoms. The van der Waals surface area contributed by atoms with Crippen LogP contribution in [0.25, 0.3) is 0 Å². The van der Waals surface area contributed by atoms with Crippen molar-refractivity contribution in [3.05, 3.63) is 11.6 Å². The Kier molecular flexibility index (Phi) is 4.75. The van der Waals surface area contributed by atoms with E-state index >= 15 is 0 Å². The first-order chi connectivity index (χ1) is 5.70. The van der Waals surface area contributed by atoms with Crippen molar-refractivity contribution >= 4 is 6.29 Å². The molecule has 0 heterocycles. The Labute approximate surface area is 70.9 Å². The number of carbonyl (C=O) groups is 1. The monoisotopic (exact) mass is 155 g/mol. The Morgan fingerprint density at radius 3 is 3.00 bits per heavy atom. The van der Waals surface area contributed by atoms with Gasteiger partial charge in [-0.25, -0.2) is 0 Å². The molecule has 1 heteroatoms. The van der Waals surface area contributed by atoms with Crippen molar-refractivity contribution in [2.45, 2.75) is 40.0 Å². The van der Waals surface area contributed by atoms with Gasteiger partial charge in [0.15, 0.2) is 0 Å². The molecule has 0 saturated carbocycles. The zero-order chi connectivity index (χ0) is 9.40. The Hall–Kier alpha value is -0.590. The van der Waals surface area contributed by atoms with Gasteiger partial charge in [0.05, 0.1) is 0 Å². The van der Waals surface area contributed by atoms with E-state index in [4.69, 9.17) is 1.37 Å². The third-order valence-electron chi connectivity index (χ3n) is 1.65. The molecule has 1 atom stereocenters. The summed E-state index contributed by atoms with van der Waals surface area (Å²) in [4.78, 5) is 10.1. The minimum Gasteiger partial charge on any atom is -0.303 e. The highest BCUT2D eigenvalue weighted by Crippen LogP contribution is 2.09. The summed E-state index contributed by atoms with van der Waals surface area (Å²) in [5.41, 5.74) is 1.12. The summed E-state index contributed by atoms with van der Waals surface area (Å²) in [6.07, 6.45) is 5.78. The molecule has 0 aliphatic heterocycles. The molecule has 0 aromatic heterocycles. The Morgan fingerprint density at radius 1 is 1.73 bits per heavy atom. The minimum absolute atomic E-state index is 0.391. The van der Waals surface area contributed by atoms with Gasteiger partial charge in [-0.2, -0.15) is 0 Å². The second kappa shape index (κ2) is 6.14. The van der Waals surface area contributed by atoms with Gasteiger partial charge in [0, 0.05) is 7.79 Å². The first kappa shape index (κ1) is 8.51. The number of aldehydes is 1. The lowest BCUT2D eigenvalue weighted by Crippen LogP contribution is -1.93. The van der Waals surface area contributed by atoms with Crippen LogP contribution in [0.3, 0.4) is 0 Å². The number of allylic oxidation sites excluding steroid dienone is 2. The van der Waals surface area contributed by atoms with Crippen LogP contribution in [0.1, 0.15) is 41.4 Å². The number of rotatable bonds is 5. The molecule has 0 saturated heterocycles. The standard InChI is InChI=1S/C10H18O/c1-9(2)5-4-6-10(3)7-8-11/h5,8,10H,4,6-7H2,1-3H3/i1D/b9-5+. The summed E-state index contributed by atoms with van der Waals surface area (Å²) >= 11 is 0. The fourth-order valence-electron chi connectivity index (χ4n) is 0.896. The van der Waals surface area contributed by atoms with Crippen LogP contribution in [0.5, 0.6) is 0 Å². The fourth-order valence-corrected chi connectivity index (χ4v) is 0.896. The van der Waals surface area contributed by atoms with Gasteiger partial charge >= 0.3 is 0 Å². The lowest BCUT2D eigenvalue weighted by molar-refractivity contribution is -0.108. The van der Waals surface area contributed by atoms with Crippen molar-refractivity contribution in [2.75, 3.05) is 0 Å². The molecular weight excluding hydrogens is 136 g/mol. The van der Waals surface area contributed by atoms with Gasteiger partial charge in [-0.1, -0.05) is 18.6 Å². The van der Waals surface area contributed by atoms with Gasteiger partial charge in [-0.15, -0.1) is 0 Å². The average molecular weight is 155 g/mol. The Bertz CT molecular complexity index is 152. The predicted octanol–water partition coefficient (Wildman–Crippen LogP) is 2.96. The molecule has 1 nitrogen and oxygen atoms in total. The number of hydrogen-bond donors (Lipinski definition) is 0. The third kappa shape index (κ3) is 7.31. The van der Waals surface area contributed by atoms with Gasteiger partial charge in [0.2, 0.25) is 0 Å². The van der Waals surface area contributed by atoms with E-state index in [0.717, 1.165) is 24.7 Å². The highest BCUT2D eigenvalue weighted by atomic mass is 16.1. The molecule has 0 N–H and O–H groups in total. The second-order valence-electron chi connectivity index (χ2n) is 3.14. The number of carbonyl (C=O) groups excluding carboxylic acids is 1. The van der Waals surface area contributed by atoms with Crippen molar-refractivity contribution in [1.29, 1.82) is 0 Å². The quantitative estimate of drug-likeness (QED) is 0.440. The van der Waals surface area contributed by atoms with Gasteiger partial charge in [-0.3, -0.25) is 0 Å². The maximum atomic E-state index is 10.1. The normalized spacial score (nSPS) is 15.8. The topological polar surface area (TPSA) is 17.1 Å². The van der Waals surface area contributed by atoms with Crippen molar-refractivity contribution in [2.24, 2.45) is 5.92 Å². The lowest BCUT2D eigenvalue weighted by atomic mass is 10.0. The van der Waals surface area contributed by atoms with Crippen molar-refractivity contribution in [3.8, 4) is 0 Å². The SMILES string of the molecule is [2H]C/C(C)=C\CCC(C)CC=O. The molecule has 0 amide bonds. The zero-order valence-corrected chi connectivity index (χ0v) is 7.47. The van der Waals surface area contributed by atoms with Crippen LogP contribution in [-0.4, -0.2) is 6.29 Å². The molecule has 0 spiro atoms. The van der Waals surface area contributed by atoms with Crippen LogP contribution in [0, 0.1) is 5.92 Å². The predicted molar refractivity (Wildman–Crippen MR) is 48.5 cm³/mol.